The van der Waals surface area contributed by atoms with E-state index in [1.165, 1.54) is 0 Å². The molecule has 0 bridgehead atoms. The number of fused-ring (bicyclic) bond motifs is 1. The summed E-state index contributed by atoms with van der Waals surface area (Å²) in [5.41, 5.74) is 10.8. The molecule has 0 aliphatic carbocycles. The number of likely N-dealkylation sites (N-methyl/N-ethyl adjacent to an activating group) is 1. The van der Waals surface area contributed by atoms with Crippen LogP contribution in [0, 0.1) is 17.3 Å². The molecule has 3 amide bonds. The van der Waals surface area contributed by atoms with Crippen molar-refractivity contribution in [1.82, 2.24) is 35.1 Å². The number of rotatable bonds is 18. The molecule has 0 spiro atoms. The van der Waals surface area contributed by atoms with Crippen molar-refractivity contribution in [2.75, 3.05) is 54.0 Å². The van der Waals surface area contributed by atoms with Crippen LogP contribution in [0.15, 0.2) is 60.8 Å². The van der Waals surface area contributed by atoms with Gasteiger partial charge >= 0.3 is 0 Å². The summed E-state index contributed by atoms with van der Waals surface area (Å²) in [5.74, 6) is -0.901. The van der Waals surface area contributed by atoms with Crippen molar-refractivity contribution in [2.45, 2.75) is 98.4 Å². The zero-order valence-corrected chi connectivity index (χ0v) is 38.2. The summed E-state index contributed by atoms with van der Waals surface area (Å²) in [5, 5.41) is 5.86. The number of aryl methyl sites for hydroxylation is 1. The van der Waals surface area contributed by atoms with Gasteiger partial charge in [0.1, 0.15) is 12.1 Å². The van der Waals surface area contributed by atoms with E-state index in [0.29, 0.717) is 39.1 Å². The molecule has 0 radical (unpaired) electrons. The second kappa shape index (κ2) is 20.4. The molecule has 13 heteroatoms. The molecule has 2 aromatic heterocycles. The number of hydrogen-bond acceptors (Lipinski definition) is 9. The first-order valence-electron chi connectivity index (χ1n) is 22.3. The molecule has 13 nitrogen and oxygen atoms in total. The van der Waals surface area contributed by atoms with Gasteiger partial charge < -0.3 is 29.2 Å². The Morgan fingerprint density at radius 1 is 1.05 bits per heavy atom. The number of nitrogens with one attached hydrogen (secondary N) is 2. The quantitative estimate of drug-likeness (QED) is 0.109. The van der Waals surface area contributed by atoms with E-state index in [4.69, 9.17) is 14.5 Å². The molecule has 2 N–H and O–H groups in total. The lowest BCUT2D eigenvalue weighted by Gasteiger charge is -2.35. The Labute approximate surface area is 367 Å². The lowest BCUT2D eigenvalue weighted by atomic mass is 9.84. The third-order valence-electron chi connectivity index (χ3n) is 12.6. The molecule has 4 aromatic rings. The van der Waals surface area contributed by atoms with Crippen LogP contribution >= 0.6 is 0 Å². The van der Waals surface area contributed by atoms with Gasteiger partial charge in [-0.3, -0.25) is 29.2 Å². The molecular formula is C49H67N7O6. The van der Waals surface area contributed by atoms with Gasteiger partial charge in [0.05, 0.1) is 30.0 Å². The lowest BCUT2D eigenvalue weighted by molar-refractivity contribution is -0.145. The number of carbonyl (C=O) groups excluding carboxylic acids is 4. The number of hydrazine groups is 1. The van der Waals surface area contributed by atoms with Crippen LogP contribution in [-0.2, 0) is 48.0 Å². The van der Waals surface area contributed by atoms with Crippen molar-refractivity contribution in [1.29, 1.82) is 0 Å². The summed E-state index contributed by atoms with van der Waals surface area (Å²) in [6.07, 6.45) is 5.05. The Morgan fingerprint density at radius 2 is 1.82 bits per heavy atom. The highest BCUT2D eigenvalue weighted by Crippen LogP contribution is 2.42. The standard InChI is InChI=1S/C49H67N7O6/c1-10-55-42-19-18-36(27-39(42)40(28-49(5,6)30-62-31-57)45(55)38-17-14-21-50-43(38)33(4)61-9)35-16-13-15-34(25-35)26-41(48(60)56-23-12-11-22-51-56)52-46(58)44(32(2)3)54(8)47(59)37-20-24-53(7)29-37/h13-19,21,25,27,31-33,37,41,44,51H,10-12,20,22-24,26,28-30H2,1-9H3,(H,52,58). The normalized spacial score (nSPS) is 17.5. The maximum atomic E-state index is 14.3. The highest BCUT2D eigenvalue weighted by molar-refractivity contribution is 5.96. The Morgan fingerprint density at radius 3 is 2.48 bits per heavy atom. The average molecular weight is 850 g/mol. The number of amides is 3. The van der Waals surface area contributed by atoms with E-state index in [1.807, 2.05) is 46.0 Å². The predicted molar refractivity (Wildman–Crippen MR) is 243 cm³/mol. The van der Waals surface area contributed by atoms with Crippen LogP contribution in [0.2, 0.25) is 0 Å². The van der Waals surface area contributed by atoms with Crippen LogP contribution in [0.3, 0.4) is 0 Å². The van der Waals surface area contributed by atoms with Gasteiger partial charge in [-0.2, -0.15) is 0 Å². The second-order valence-corrected chi connectivity index (χ2v) is 18.3. The van der Waals surface area contributed by atoms with Crippen molar-refractivity contribution >= 4 is 35.1 Å². The summed E-state index contributed by atoms with van der Waals surface area (Å²) in [6.45, 7) is 16.5. The zero-order chi connectivity index (χ0) is 44.7. The molecular weight excluding hydrogens is 783 g/mol. The second-order valence-electron chi connectivity index (χ2n) is 18.3. The molecule has 4 heterocycles. The molecule has 2 saturated heterocycles. The predicted octanol–water partition coefficient (Wildman–Crippen LogP) is 6.43. The number of methoxy groups -OCH3 is 1. The lowest BCUT2D eigenvalue weighted by Crippen LogP contribution is -2.59. The van der Waals surface area contributed by atoms with E-state index in [9.17, 15) is 19.2 Å². The highest BCUT2D eigenvalue weighted by atomic mass is 16.5. The minimum absolute atomic E-state index is 0.0405. The third kappa shape index (κ3) is 10.4. The third-order valence-corrected chi connectivity index (χ3v) is 12.6. The number of hydrogen-bond donors (Lipinski definition) is 2. The number of ether oxygens (including phenoxy) is 2. The van der Waals surface area contributed by atoms with Gasteiger partial charge in [0.15, 0.2) is 0 Å². The van der Waals surface area contributed by atoms with Gasteiger partial charge in [-0.15, -0.1) is 0 Å². The van der Waals surface area contributed by atoms with E-state index < -0.39 is 12.1 Å². The zero-order valence-electron chi connectivity index (χ0n) is 38.2. The first kappa shape index (κ1) is 46.4. The fraction of sp³-hybridized carbons (Fsp3) is 0.531. The number of aromatic nitrogens is 2. The van der Waals surface area contributed by atoms with Crippen LogP contribution in [0.4, 0.5) is 0 Å². The minimum atomic E-state index is -0.861. The number of likely N-dealkylation sites (tertiary alicyclic amines) is 1. The van der Waals surface area contributed by atoms with E-state index in [1.54, 1.807) is 30.3 Å². The number of carbonyl (C=O) groups is 4. The first-order chi connectivity index (χ1) is 29.7. The van der Waals surface area contributed by atoms with Gasteiger partial charge in [0, 0.05) is 74.8 Å². The van der Waals surface area contributed by atoms with Crippen LogP contribution < -0.4 is 10.7 Å². The van der Waals surface area contributed by atoms with Gasteiger partial charge in [-0.05, 0) is 106 Å². The first-order valence-corrected chi connectivity index (χ1v) is 22.3. The maximum Gasteiger partial charge on any atom is 0.293 e. The van der Waals surface area contributed by atoms with Crippen molar-refractivity contribution in [3.63, 3.8) is 0 Å². The van der Waals surface area contributed by atoms with Crippen molar-refractivity contribution in [3.8, 4) is 22.4 Å². The van der Waals surface area contributed by atoms with E-state index >= 15 is 0 Å². The molecule has 2 aliphatic heterocycles. The largest absolute Gasteiger partial charge is 0.467 e. The smallest absolute Gasteiger partial charge is 0.293 e. The summed E-state index contributed by atoms with van der Waals surface area (Å²) in [6, 6.07) is 17.2. The van der Waals surface area contributed by atoms with Gasteiger partial charge in [0.2, 0.25) is 11.8 Å². The molecule has 6 rings (SSSR count). The topological polar surface area (TPSA) is 138 Å². The van der Waals surface area contributed by atoms with Gasteiger partial charge in [0.25, 0.3) is 12.4 Å². The van der Waals surface area contributed by atoms with Gasteiger partial charge in [-0.1, -0.05) is 58.0 Å². The minimum Gasteiger partial charge on any atom is -0.467 e. The fourth-order valence-electron chi connectivity index (χ4n) is 9.38. The summed E-state index contributed by atoms with van der Waals surface area (Å²) < 4.78 is 13.5. The Balaban J connectivity index is 1.37. The maximum absolute atomic E-state index is 14.3. The van der Waals surface area contributed by atoms with Crippen molar-refractivity contribution < 1.29 is 28.7 Å². The SMILES string of the molecule is CCn1c(-c2cccnc2C(C)OC)c(CC(C)(C)COC=O)c2cc(-c3cccc(CC(NC(=O)C(C(C)C)N(C)C(=O)C4CCN(C)C4)C(=O)N4CCCCN4)c3)ccc21. The summed E-state index contributed by atoms with van der Waals surface area (Å²) >= 11 is 0. The molecule has 62 heavy (non-hydrogen) atoms. The molecule has 2 aliphatic rings. The van der Waals surface area contributed by atoms with Crippen LogP contribution in [-0.4, -0.2) is 115 Å². The number of nitrogens with zero attached hydrogens (tertiary/aromatic N) is 5. The van der Waals surface area contributed by atoms with Crippen LogP contribution in [0.25, 0.3) is 33.3 Å². The van der Waals surface area contributed by atoms with E-state index in [0.717, 1.165) is 75.9 Å². The van der Waals surface area contributed by atoms with E-state index in [2.05, 4.69) is 77.4 Å². The molecule has 2 aromatic carbocycles. The Kier molecular flexibility index (Phi) is 15.3. The summed E-state index contributed by atoms with van der Waals surface area (Å²) in [7, 11) is 5.41. The van der Waals surface area contributed by atoms with E-state index in [-0.39, 0.29) is 54.1 Å². The molecule has 4 atom stereocenters. The summed E-state index contributed by atoms with van der Waals surface area (Å²) in [4.78, 5) is 62.1. The number of pyridine rings is 1. The van der Waals surface area contributed by atoms with Crippen molar-refractivity contribution in [2.24, 2.45) is 17.3 Å². The molecule has 2 fully saturated rings. The molecule has 0 saturated carbocycles. The average Bonchev–Trinajstić information content (AvgIpc) is 3.84. The Bertz CT molecular complexity index is 2210. The highest BCUT2D eigenvalue weighted by Gasteiger charge is 2.38. The van der Waals surface area contributed by atoms with Gasteiger partial charge in [-0.25, -0.2) is 5.43 Å². The molecule has 334 valence electrons. The Hall–Kier alpha value is -5.11. The number of benzene rings is 2. The monoisotopic (exact) mass is 850 g/mol. The van der Waals surface area contributed by atoms with Crippen LogP contribution in [0.1, 0.15) is 83.7 Å². The van der Waals surface area contributed by atoms with Crippen LogP contribution in [0.5, 0.6) is 0 Å². The van der Waals surface area contributed by atoms with Crippen molar-refractivity contribution in [3.05, 3.63) is 77.6 Å². The molecule has 4 unspecified atom stereocenters. The fourth-order valence-corrected chi connectivity index (χ4v) is 9.38.